The zero-order chi connectivity index (χ0) is 33.5. The molecule has 0 fully saturated rings. The molecule has 0 spiro atoms. The maximum absolute atomic E-state index is 14.3. The number of aryl methyl sites for hydroxylation is 1. The van der Waals surface area contributed by atoms with E-state index >= 15 is 0 Å². The second-order valence-electron chi connectivity index (χ2n) is 10.8. The number of rotatable bonds is 20. The summed E-state index contributed by atoms with van der Waals surface area (Å²) in [5.74, 6) is -3.47. The molecule has 11 heteroatoms. The lowest BCUT2D eigenvalue weighted by Crippen LogP contribution is -2.20. The van der Waals surface area contributed by atoms with Crippen LogP contribution in [0.5, 0.6) is 17.2 Å². The lowest BCUT2D eigenvalue weighted by Gasteiger charge is -2.17. The first-order valence-electron chi connectivity index (χ1n) is 15.2. The molecule has 0 radical (unpaired) electrons. The highest BCUT2D eigenvalue weighted by Gasteiger charge is 2.33. The first-order chi connectivity index (χ1) is 21.3. The Hall–Kier alpha value is -3.63. The maximum atomic E-state index is 14.3. The van der Waals surface area contributed by atoms with Crippen LogP contribution in [0.15, 0.2) is 36.4 Å². The quantitative estimate of drug-likeness (QED) is 0.0358. The zero-order valence-electron chi connectivity index (χ0n) is 26.3. The summed E-state index contributed by atoms with van der Waals surface area (Å²) in [6.45, 7) is 5.54. The Labute approximate surface area is 261 Å². The highest BCUT2D eigenvalue weighted by molar-refractivity contribution is 6.14. The van der Waals surface area contributed by atoms with E-state index in [4.69, 9.17) is 14.2 Å². The number of unbranched alkanes of at least 4 members (excludes halogenated alkanes) is 2. The molecule has 0 aromatic heterocycles. The van der Waals surface area contributed by atoms with Gasteiger partial charge in [0.05, 0.1) is 26.2 Å². The number of ether oxygens (including phenoxy) is 4. The fourth-order valence-corrected chi connectivity index (χ4v) is 4.45. The molecule has 0 aliphatic carbocycles. The second kappa shape index (κ2) is 18.4. The van der Waals surface area contributed by atoms with Gasteiger partial charge in [0.15, 0.2) is 6.29 Å². The van der Waals surface area contributed by atoms with Crippen molar-refractivity contribution in [3.63, 3.8) is 0 Å². The van der Waals surface area contributed by atoms with E-state index in [9.17, 15) is 31.5 Å². The number of hydrogen-bond donors (Lipinski definition) is 0. The number of esters is 1. The van der Waals surface area contributed by atoms with Gasteiger partial charge >= 0.3 is 12.3 Å². The fraction of sp³-hybridized carbons (Fsp3) is 0.529. The van der Waals surface area contributed by atoms with Gasteiger partial charge in [-0.15, -0.1) is 13.2 Å². The summed E-state index contributed by atoms with van der Waals surface area (Å²) in [4.78, 5) is 23.7. The molecule has 45 heavy (non-hydrogen) atoms. The van der Waals surface area contributed by atoms with Crippen LogP contribution in [0, 0.1) is 5.92 Å². The monoisotopic (exact) mass is 642 g/mol. The first-order valence-corrected chi connectivity index (χ1v) is 15.2. The van der Waals surface area contributed by atoms with E-state index in [0.717, 1.165) is 19.3 Å². The smallest absolute Gasteiger partial charge is 0.496 e. The van der Waals surface area contributed by atoms with Crippen LogP contribution in [0.3, 0.4) is 0 Å². The lowest BCUT2D eigenvalue weighted by molar-refractivity contribution is -0.274. The molecular weight excluding hydrogens is 599 g/mol. The van der Waals surface area contributed by atoms with Crippen molar-refractivity contribution in [2.75, 3.05) is 20.3 Å². The van der Waals surface area contributed by atoms with E-state index in [2.05, 4.69) is 4.74 Å². The summed E-state index contributed by atoms with van der Waals surface area (Å²) in [7, 11) is 1.38. The Morgan fingerprint density at radius 1 is 0.911 bits per heavy atom. The summed E-state index contributed by atoms with van der Waals surface area (Å²) >= 11 is 0. The first kappa shape index (κ1) is 37.6. The zero-order valence-corrected chi connectivity index (χ0v) is 26.3. The van der Waals surface area contributed by atoms with E-state index in [1.165, 1.54) is 31.4 Å². The number of allylic oxidation sites excluding steroid dienone is 1. The van der Waals surface area contributed by atoms with E-state index in [0.29, 0.717) is 36.0 Å². The van der Waals surface area contributed by atoms with Crippen molar-refractivity contribution in [1.29, 1.82) is 0 Å². The predicted octanol–water partition coefficient (Wildman–Crippen LogP) is 9.23. The van der Waals surface area contributed by atoms with Gasteiger partial charge in [-0.3, -0.25) is 9.59 Å². The molecule has 0 heterocycles. The van der Waals surface area contributed by atoms with Crippen LogP contribution in [-0.4, -0.2) is 44.9 Å². The van der Waals surface area contributed by atoms with Gasteiger partial charge in [0.25, 0.3) is 0 Å². The van der Waals surface area contributed by atoms with E-state index < -0.39 is 30.9 Å². The Morgan fingerprint density at radius 3 is 2.24 bits per heavy atom. The van der Waals surface area contributed by atoms with Crippen molar-refractivity contribution in [2.24, 2.45) is 5.92 Å². The van der Waals surface area contributed by atoms with Crippen LogP contribution >= 0.6 is 0 Å². The molecule has 2 rings (SSSR count). The molecular formula is C34H43F5O6. The van der Waals surface area contributed by atoms with E-state index in [1.807, 2.05) is 13.8 Å². The third-order valence-corrected chi connectivity index (χ3v) is 7.20. The van der Waals surface area contributed by atoms with E-state index in [1.54, 1.807) is 25.1 Å². The van der Waals surface area contributed by atoms with Gasteiger partial charge in [-0.05, 0) is 61.9 Å². The predicted molar refractivity (Wildman–Crippen MR) is 163 cm³/mol. The molecule has 0 N–H and O–H groups in total. The van der Waals surface area contributed by atoms with Gasteiger partial charge in [0.1, 0.15) is 17.2 Å². The van der Waals surface area contributed by atoms with Crippen LogP contribution in [0.25, 0.3) is 11.6 Å². The number of benzene rings is 2. The SMILES string of the molecule is CCCCCc1ccc(/C(C=O)=C/c2ccc(OCCCC(F)(F)CCCOC(=O)C(C)CC)cc2OC)c(OC(F)(F)F)c1. The van der Waals surface area contributed by atoms with Crippen LogP contribution in [0.2, 0.25) is 0 Å². The summed E-state index contributed by atoms with van der Waals surface area (Å²) in [6, 6.07) is 9.01. The van der Waals surface area contributed by atoms with Crippen molar-refractivity contribution in [2.45, 2.75) is 90.8 Å². The Morgan fingerprint density at radius 2 is 1.62 bits per heavy atom. The van der Waals surface area contributed by atoms with Crippen molar-refractivity contribution >= 4 is 23.9 Å². The van der Waals surface area contributed by atoms with Gasteiger partial charge in [-0.25, -0.2) is 8.78 Å². The Bertz CT molecular complexity index is 1260. The van der Waals surface area contributed by atoms with Crippen LogP contribution in [-0.2, 0) is 20.7 Å². The standard InChI is InChI=1S/C34H43F5O6/c1-5-7-8-11-25-12-15-29(31(20-25)45-34(37,38)39)27(23-40)21-26-13-14-28(22-30(26)42-4)43-18-9-16-33(35,36)17-10-19-44-32(41)24(3)6-2/h12-15,20-24H,5-11,16-19H2,1-4H3/b27-21+. The number of hydrogen-bond acceptors (Lipinski definition) is 6. The number of carbonyl (C=O) groups excluding carboxylic acids is 2. The average Bonchev–Trinajstić information content (AvgIpc) is 2.99. The molecule has 0 bridgehead atoms. The summed E-state index contributed by atoms with van der Waals surface area (Å²) in [5, 5.41) is 0. The third kappa shape index (κ3) is 13.5. The maximum Gasteiger partial charge on any atom is 0.573 e. The number of methoxy groups -OCH3 is 1. The third-order valence-electron chi connectivity index (χ3n) is 7.20. The van der Waals surface area contributed by atoms with Gasteiger partial charge in [0, 0.05) is 35.6 Å². The van der Waals surface area contributed by atoms with Gasteiger partial charge in [0.2, 0.25) is 5.92 Å². The molecule has 2 aromatic carbocycles. The molecule has 1 unspecified atom stereocenters. The molecule has 2 aromatic rings. The van der Waals surface area contributed by atoms with Gasteiger partial charge in [-0.2, -0.15) is 0 Å². The number of alkyl halides is 5. The molecule has 0 saturated carbocycles. The van der Waals surface area contributed by atoms with Crippen molar-refractivity contribution in [3.05, 3.63) is 53.1 Å². The molecule has 0 amide bonds. The normalized spacial score (nSPS) is 12.9. The molecule has 250 valence electrons. The number of carbonyl (C=O) groups is 2. The summed E-state index contributed by atoms with van der Waals surface area (Å²) in [6.07, 6.45) is 0.0637. The highest BCUT2D eigenvalue weighted by atomic mass is 19.4. The highest BCUT2D eigenvalue weighted by Crippen LogP contribution is 2.35. The minimum Gasteiger partial charge on any atom is -0.496 e. The topological polar surface area (TPSA) is 71.1 Å². The van der Waals surface area contributed by atoms with Crippen molar-refractivity contribution < 1.29 is 50.5 Å². The van der Waals surface area contributed by atoms with Gasteiger partial charge < -0.3 is 18.9 Å². The number of halogens is 5. The minimum atomic E-state index is -4.95. The molecule has 1 atom stereocenters. The Kier molecular flexibility index (Phi) is 15.3. The van der Waals surface area contributed by atoms with Crippen LogP contribution in [0.1, 0.15) is 88.8 Å². The summed E-state index contributed by atoms with van der Waals surface area (Å²) < 4.78 is 88.5. The van der Waals surface area contributed by atoms with E-state index in [-0.39, 0.29) is 54.8 Å². The second-order valence-corrected chi connectivity index (χ2v) is 10.8. The fourth-order valence-electron chi connectivity index (χ4n) is 4.45. The Balaban J connectivity index is 2.07. The lowest BCUT2D eigenvalue weighted by atomic mass is 9.98. The molecule has 0 aliphatic heterocycles. The average molecular weight is 643 g/mol. The van der Waals surface area contributed by atoms with Crippen LogP contribution < -0.4 is 14.2 Å². The molecule has 0 saturated heterocycles. The van der Waals surface area contributed by atoms with Crippen molar-refractivity contribution in [1.82, 2.24) is 0 Å². The molecule has 0 aliphatic rings. The van der Waals surface area contributed by atoms with Crippen molar-refractivity contribution in [3.8, 4) is 17.2 Å². The molecule has 6 nitrogen and oxygen atoms in total. The minimum absolute atomic E-state index is 0.000730. The van der Waals surface area contributed by atoms with Gasteiger partial charge in [-0.1, -0.05) is 45.7 Å². The largest absolute Gasteiger partial charge is 0.573 e. The number of aldehydes is 1. The van der Waals surface area contributed by atoms with Crippen LogP contribution in [0.4, 0.5) is 22.0 Å². The summed E-state index contributed by atoms with van der Waals surface area (Å²) in [5.41, 5.74) is 0.963.